The molecule has 7 nitrogen and oxygen atoms in total. The maximum Gasteiger partial charge on any atom is 0.243 e. The number of rotatable bonds is 7. The van der Waals surface area contributed by atoms with Crippen molar-refractivity contribution in [2.75, 3.05) is 18.4 Å². The Morgan fingerprint density at radius 2 is 1.70 bits per heavy atom. The molecule has 8 heteroatoms. The average Bonchev–Trinajstić information content (AvgIpc) is 2.90. The largest absolute Gasteiger partial charge is 0.466 e. The molecule has 30 heavy (non-hydrogen) atoms. The lowest BCUT2D eigenvalue weighted by molar-refractivity contribution is -0.116. The first kappa shape index (κ1) is 22.2. The van der Waals surface area contributed by atoms with Crippen molar-refractivity contribution in [1.82, 2.24) is 4.31 Å². The number of hydrogen-bond donors (Lipinski definition) is 1. The highest BCUT2D eigenvalue weighted by atomic mass is 32.2. The first-order valence-corrected chi connectivity index (χ1v) is 11.7. The van der Waals surface area contributed by atoms with Gasteiger partial charge in [-0.2, -0.15) is 4.31 Å². The summed E-state index contributed by atoms with van der Waals surface area (Å²) in [6.45, 7) is 4.31. The SMILES string of the molecule is CC(=O)c1cc(CCC(=O)Nc2ccc(S(=O)(=O)N3CCCCCC3)cc2)oc1C. The second-order valence-corrected chi connectivity index (χ2v) is 9.57. The summed E-state index contributed by atoms with van der Waals surface area (Å²) in [5, 5.41) is 2.77. The number of nitrogens with one attached hydrogen (secondary N) is 1. The first-order valence-electron chi connectivity index (χ1n) is 10.3. The summed E-state index contributed by atoms with van der Waals surface area (Å²) in [7, 11) is -3.50. The van der Waals surface area contributed by atoms with Gasteiger partial charge >= 0.3 is 0 Å². The number of benzene rings is 1. The van der Waals surface area contributed by atoms with E-state index in [1.54, 1.807) is 29.4 Å². The molecule has 1 saturated heterocycles. The molecular weight excluding hydrogens is 404 g/mol. The summed E-state index contributed by atoms with van der Waals surface area (Å²) in [5.74, 6) is 0.865. The van der Waals surface area contributed by atoms with Crippen LogP contribution in [-0.2, 0) is 21.2 Å². The molecule has 0 bridgehead atoms. The van der Waals surface area contributed by atoms with Crippen LogP contribution in [0.5, 0.6) is 0 Å². The van der Waals surface area contributed by atoms with Crippen LogP contribution in [0.3, 0.4) is 0 Å². The highest BCUT2D eigenvalue weighted by Crippen LogP contribution is 2.22. The standard InChI is InChI=1S/C22H28N2O5S/c1-16(25)21-15-19(29-17(21)2)9-12-22(26)23-18-7-10-20(11-8-18)30(27,28)24-13-5-3-4-6-14-24/h7-8,10-11,15H,3-6,9,12-14H2,1-2H3,(H,23,26). The summed E-state index contributed by atoms with van der Waals surface area (Å²) in [6, 6.07) is 7.95. The van der Waals surface area contributed by atoms with Crippen molar-refractivity contribution in [3.05, 3.63) is 47.4 Å². The van der Waals surface area contributed by atoms with Gasteiger partial charge in [-0.15, -0.1) is 0 Å². The zero-order valence-electron chi connectivity index (χ0n) is 17.4. The zero-order valence-corrected chi connectivity index (χ0v) is 18.3. The number of Topliss-reactive ketones (excluding diaryl/α,β-unsaturated/α-hetero) is 1. The van der Waals surface area contributed by atoms with Crippen LogP contribution in [0.4, 0.5) is 5.69 Å². The second-order valence-electron chi connectivity index (χ2n) is 7.63. The van der Waals surface area contributed by atoms with E-state index in [9.17, 15) is 18.0 Å². The van der Waals surface area contributed by atoms with Crippen molar-refractivity contribution in [3.63, 3.8) is 0 Å². The molecule has 1 fully saturated rings. The van der Waals surface area contributed by atoms with Crippen LogP contribution in [0, 0.1) is 6.92 Å². The highest BCUT2D eigenvalue weighted by molar-refractivity contribution is 7.89. The molecule has 0 saturated carbocycles. The van der Waals surface area contributed by atoms with Crippen molar-refractivity contribution in [1.29, 1.82) is 0 Å². The van der Waals surface area contributed by atoms with Crippen LogP contribution >= 0.6 is 0 Å². The Balaban J connectivity index is 1.57. The van der Waals surface area contributed by atoms with Gasteiger partial charge in [0.05, 0.1) is 10.5 Å². The van der Waals surface area contributed by atoms with Gasteiger partial charge in [0.15, 0.2) is 5.78 Å². The molecule has 1 aromatic heterocycles. The summed E-state index contributed by atoms with van der Waals surface area (Å²) >= 11 is 0. The van der Waals surface area contributed by atoms with Gasteiger partial charge in [0.1, 0.15) is 11.5 Å². The summed E-state index contributed by atoms with van der Waals surface area (Å²) in [4.78, 5) is 24.0. The average molecular weight is 433 g/mol. The zero-order chi connectivity index (χ0) is 21.7. The van der Waals surface area contributed by atoms with Gasteiger partial charge in [0.2, 0.25) is 15.9 Å². The van der Waals surface area contributed by atoms with Gasteiger partial charge in [-0.1, -0.05) is 12.8 Å². The third-order valence-electron chi connectivity index (χ3n) is 5.29. The Kier molecular flexibility index (Phi) is 7.10. The molecule has 0 unspecified atom stereocenters. The fraction of sp³-hybridized carbons (Fsp3) is 0.455. The number of anilines is 1. The Morgan fingerprint density at radius 3 is 2.27 bits per heavy atom. The van der Waals surface area contributed by atoms with Crippen LogP contribution < -0.4 is 5.32 Å². The Morgan fingerprint density at radius 1 is 1.07 bits per heavy atom. The fourth-order valence-electron chi connectivity index (χ4n) is 3.62. The molecular formula is C22H28N2O5S. The number of ketones is 1. The van der Waals surface area contributed by atoms with Crippen LogP contribution in [0.25, 0.3) is 0 Å². The predicted octanol–water partition coefficient (Wildman–Crippen LogP) is 3.93. The number of hydrogen-bond acceptors (Lipinski definition) is 5. The van der Waals surface area contributed by atoms with E-state index in [-0.39, 0.29) is 23.0 Å². The van der Waals surface area contributed by atoms with E-state index < -0.39 is 10.0 Å². The molecule has 3 rings (SSSR count). The molecule has 1 aromatic carbocycles. The maximum absolute atomic E-state index is 12.8. The molecule has 2 aromatic rings. The monoisotopic (exact) mass is 432 g/mol. The molecule has 1 aliphatic rings. The fourth-order valence-corrected chi connectivity index (χ4v) is 5.14. The van der Waals surface area contributed by atoms with E-state index in [1.165, 1.54) is 19.1 Å². The van der Waals surface area contributed by atoms with Crippen molar-refractivity contribution in [3.8, 4) is 0 Å². The van der Waals surface area contributed by atoms with E-state index in [0.717, 1.165) is 25.7 Å². The van der Waals surface area contributed by atoms with Crippen molar-refractivity contribution >= 4 is 27.4 Å². The van der Waals surface area contributed by atoms with E-state index in [0.29, 0.717) is 42.3 Å². The first-order chi connectivity index (χ1) is 14.3. The molecule has 1 aliphatic heterocycles. The molecule has 1 N–H and O–H groups in total. The Bertz CT molecular complexity index is 1000. The van der Waals surface area contributed by atoms with Crippen molar-refractivity contribution < 1.29 is 22.4 Å². The van der Waals surface area contributed by atoms with E-state index in [4.69, 9.17) is 4.42 Å². The van der Waals surface area contributed by atoms with Crippen molar-refractivity contribution in [2.45, 2.75) is 57.3 Å². The van der Waals surface area contributed by atoms with E-state index in [1.807, 2.05) is 0 Å². The van der Waals surface area contributed by atoms with Crippen LogP contribution in [-0.4, -0.2) is 37.5 Å². The normalized spacial score (nSPS) is 15.5. The number of sulfonamides is 1. The maximum atomic E-state index is 12.8. The van der Waals surface area contributed by atoms with Gasteiger partial charge in [-0.3, -0.25) is 9.59 Å². The van der Waals surface area contributed by atoms with E-state index in [2.05, 4.69) is 5.32 Å². The number of nitrogens with zero attached hydrogens (tertiary/aromatic N) is 1. The molecule has 0 aliphatic carbocycles. The number of carbonyl (C=O) groups is 2. The molecule has 162 valence electrons. The van der Waals surface area contributed by atoms with Crippen molar-refractivity contribution in [2.24, 2.45) is 0 Å². The van der Waals surface area contributed by atoms with Crippen LogP contribution in [0.15, 0.2) is 39.6 Å². The van der Waals surface area contributed by atoms with Gasteiger partial charge in [-0.05, 0) is 57.0 Å². The topological polar surface area (TPSA) is 96.7 Å². The molecule has 0 spiro atoms. The Labute approximate surface area is 177 Å². The number of carbonyl (C=O) groups excluding carboxylic acids is 2. The molecule has 2 heterocycles. The minimum absolute atomic E-state index is 0.0674. The lowest BCUT2D eigenvalue weighted by Crippen LogP contribution is -2.31. The number of aryl methyl sites for hydroxylation is 2. The highest BCUT2D eigenvalue weighted by Gasteiger charge is 2.25. The molecule has 0 atom stereocenters. The minimum atomic E-state index is -3.50. The lowest BCUT2D eigenvalue weighted by atomic mass is 10.1. The van der Waals surface area contributed by atoms with Gasteiger partial charge in [-0.25, -0.2) is 8.42 Å². The molecule has 0 radical (unpaired) electrons. The van der Waals surface area contributed by atoms with Crippen LogP contribution in [0.1, 0.15) is 60.9 Å². The van der Waals surface area contributed by atoms with Gasteiger partial charge < -0.3 is 9.73 Å². The third-order valence-corrected chi connectivity index (χ3v) is 7.20. The second kappa shape index (κ2) is 9.57. The number of furan rings is 1. The summed E-state index contributed by atoms with van der Waals surface area (Å²) in [5.41, 5.74) is 1.07. The van der Waals surface area contributed by atoms with Gasteiger partial charge in [0, 0.05) is 31.6 Å². The minimum Gasteiger partial charge on any atom is -0.466 e. The predicted molar refractivity (Wildman–Crippen MR) is 114 cm³/mol. The smallest absolute Gasteiger partial charge is 0.243 e. The molecule has 1 amide bonds. The Hall–Kier alpha value is -2.45. The summed E-state index contributed by atoms with van der Waals surface area (Å²) < 4.78 is 32.7. The van der Waals surface area contributed by atoms with E-state index >= 15 is 0 Å². The van der Waals surface area contributed by atoms with Gasteiger partial charge in [0.25, 0.3) is 0 Å². The quantitative estimate of drug-likeness (QED) is 0.669. The summed E-state index contributed by atoms with van der Waals surface area (Å²) in [6.07, 6.45) is 4.46. The third kappa shape index (κ3) is 5.37. The number of amides is 1. The van der Waals surface area contributed by atoms with Crippen LogP contribution in [0.2, 0.25) is 0 Å². The lowest BCUT2D eigenvalue weighted by Gasteiger charge is -2.20.